The highest BCUT2D eigenvalue weighted by Crippen LogP contribution is 2.30. The summed E-state index contributed by atoms with van der Waals surface area (Å²) in [5.74, 6) is -0.0972. The molecule has 1 rings (SSSR count). The fraction of sp³-hybridized carbons (Fsp3) is 0.375. The van der Waals surface area contributed by atoms with Crippen LogP contribution in [0.5, 0.6) is 5.75 Å². The van der Waals surface area contributed by atoms with Crippen LogP contribution >= 0.6 is 0 Å². The monoisotopic (exact) mass is 155 g/mol. The van der Waals surface area contributed by atoms with Gasteiger partial charge in [0.1, 0.15) is 11.4 Å². The van der Waals surface area contributed by atoms with Gasteiger partial charge in [0.25, 0.3) is 0 Å². The first-order valence-electron chi connectivity index (χ1n) is 3.34. The van der Waals surface area contributed by atoms with Crippen LogP contribution < -0.4 is 0 Å². The van der Waals surface area contributed by atoms with E-state index >= 15 is 0 Å². The minimum absolute atomic E-state index is 0.0972. The summed E-state index contributed by atoms with van der Waals surface area (Å²) in [5, 5.41) is 9.14. The van der Waals surface area contributed by atoms with Crippen LogP contribution in [0.2, 0.25) is 0 Å². The molecule has 60 valence electrons. The Hall–Kier alpha value is -1.12. The summed E-state index contributed by atoms with van der Waals surface area (Å²) < 4.78 is 13.2. The van der Waals surface area contributed by atoms with Crippen molar-refractivity contribution in [1.82, 2.24) is 4.98 Å². The van der Waals surface area contributed by atoms with Crippen LogP contribution in [0.3, 0.4) is 0 Å². The van der Waals surface area contributed by atoms with Crippen LogP contribution in [-0.4, -0.2) is 10.1 Å². The third-order valence-electron chi connectivity index (χ3n) is 1.44. The van der Waals surface area contributed by atoms with Crippen molar-refractivity contribution in [1.29, 1.82) is 0 Å². The van der Waals surface area contributed by atoms with Crippen molar-refractivity contribution in [2.24, 2.45) is 0 Å². The van der Waals surface area contributed by atoms with Gasteiger partial charge in [0.15, 0.2) is 0 Å². The zero-order valence-corrected chi connectivity index (χ0v) is 6.50. The Morgan fingerprint density at radius 1 is 1.55 bits per heavy atom. The Kier molecular flexibility index (Phi) is 1.81. The molecule has 0 unspecified atom stereocenters. The molecule has 0 saturated heterocycles. The number of halogens is 1. The van der Waals surface area contributed by atoms with Crippen LogP contribution in [0.15, 0.2) is 18.5 Å². The van der Waals surface area contributed by atoms with Crippen LogP contribution in [0.1, 0.15) is 19.4 Å². The third kappa shape index (κ3) is 1.67. The number of hydrogen-bond donors (Lipinski definition) is 1. The normalized spacial score (nSPS) is 11.5. The van der Waals surface area contributed by atoms with Crippen LogP contribution in [-0.2, 0) is 5.67 Å². The van der Waals surface area contributed by atoms with Gasteiger partial charge in [0, 0.05) is 11.8 Å². The first kappa shape index (κ1) is 7.98. The quantitative estimate of drug-likeness (QED) is 0.672. The second-order valence-electron chi connectivity index (χ2n) is 2.87. The molecule has 0 aliphatic carbocycles. The van der Waals surface area contributed by atoms with Crippen molar-refractivity contribution < 1.29 is 9.50 Å². The second kappa shape index (κ2) is 2.49. The fourth-order valence-corrected chi connectivity index (χ4v) is 0.889. The number of pyridine rings is 1. The van der Waals surface area contributed by atoms with E-state index in [1.165, 1.54) is 32.3 Å². The van der Waals surface area contributed by atoms with Gasteiger partial charge in [-0.2, -0.15) is 0 Å². The molecule has 0 aliphatic rings. The first-order chi connectivity index (χ1) is 5.02. The molecule has 3 heteroatoms. The van der Waals surface area contributed by atoms with E-state index in [2.05, 4.69) is 4.98 Å². The smallest absolute Gasteiger partial charge is 0.140 e. The Balaban J connectivity index is 3.14. The maximum absolute atomic E-state index is 13.2. The molecule has 0 spiro atoms. The molecule has 0 amide bonds. The third-order valence-corrected chi connectivity index (χ3v) is 1.44. The number of hydrogen-bond acceptors (Lipinski definition) is 2. The molecular formula is C8H10FNO. The molecule has 0 radical (unpaired) electrons. The lowest BCUT2D eigenvalue weighted by molar-refractivity contribution is 0.214. The van der Waals surface area contributed by atoms with Gasteiger partial charge in [0.2, 0.25) is 0 Å². The van der Waals surface area contributed by atoms with E-state index in [-0.39, 0.29) is 11.3 Å². The van der Waals surface area contributed by atoms with Crippen molar-refractivity contribution in [2.75, 3.05) is 0 Å². The summed E-state index contributed by atoms with van der Waals surface area (Å²) in [4.78, 5) is 3.64. The number of aromatic hydroxyl groups is 1. The van der Waals surface area contributed by atoms with E-state index in [9.17, 15) is 4.39 Å². The summed E-state index contributed by atoms with van der Waals surface area (Å²) in [6.45, 7) is 2.78. The minimum atomic E-state index is -1.51. The van der Waals surface area contributed by atoms with Gasteiger partial charge >= 0.3 is 0 Å². The van der Waals surface area contributed by atoms with Gasteiger partial charge in [-0.1, -0.05) is 0 Å². The molecule has 0 atom stereocenters. The zero-order valence-electron chi connectivity index (χ0n) is 6.50. The summed E-state index contributed by atoms with van der Waals surface area (Å²) in [6.07, 6.45) is 2.69. The van der Waals surface area contributed by atoms with Crippen LogP contribution in [0.25, 0.3) is 0 Å². The van der Waals surface area contributed by atoms with Crippen molar-refractivity contribution >= 4 is 0 Å². The number of rotatable bonds is 1. The topological polar surface area (TPSA) is 33.1 Å². The van der Waals surface area contributed by atoms with Crippen molar-refractivity contribution in [3.63, 3.8) is 0 Å². The predicted octanol–water partition coefficient (Wildman–Crippen LogP) is 1.99. The fourth-order valence-electron chi connectivity index (χ4n) is 0.889. The molecule has 1 N–H and O–H groups in total. The summed E-state index contributed by atoms with van der Waals surface area (Å²) >= 11 is 0. The second-order valence-corrected chi connectivity index (χ2v) is 2.87. The van der Waals surface area contributed by atoms with Gasteiger partial charge in [-0.15, -0.1) is 0 Å². The highest BCUT2D eigenvalue weighted by atomic mass is 19.1. The average molecular weight is 155 g/mol. The standard InChI is InChI=1S/C8H10FNO/c1-8(2,9)6-3-4-10-5-7(6)11/h3-5,11H,1-2H3. The molecule has 1 heterocycles. The molecule has 11 heavy (non-hydrogen) atoms. The summed E-state index contributed by atoms with van der Waals surface area (Å²) in [5.41, 5.74) is -1.24. The Morgan fingerprint density at radius 2 is 2.18 bits per heavy atom. The van der Waals surface area contributed by atoms with Crippen LogP contribution in [0, 0.1) is 0 Å². The molecule has 0 fully saturated rings. The average Bonchev–Trinajstić information content (AvgIpc) is 1.86. The lowest BCUT2D eigenvalue weighted by Crippen LogP contribution is -2.08. The van der Waals surface area contributed by atoms with E-state index in [1.54, 1.807) is 0 Å². The molecule has 0 aromatic carbocycles. The number of alkyl halides is 1. The first-order valence-corrected chi connectivity index (χ1v) is 3.34. The maximum Gasteiger partial charge on any atom is 0.140 e. The molecular weight excluding hydrogens is 145 g/mol. The lowest BCUT2D eigenvalue weighted by Gasteiger charge is -2.14. The van der Waals surface area contributed by atoms with Gasteiger partial charge in [0.05, 0.1) is 6.20 Å². The number of aromatic nitrogens is 1. The van der Waals surface area contributed by atoms with Crippen molar-refractivity contribution in [2.45, 2.75) is 19.5 Å². The van der Waals surface area contributed by atoms with Gasteiger partial charge < -0.3 is 5.11 Å². The minimum Gasteiger partial charge on any atom is -0.506 e. The van der Waals surface area contributed by atoms with E-state index in [1.807, 2.05) is 0 Å². The molecule has 1 aromatic heterocycles. The molecule has 1 aromatic rings. The summed E-state index contributed by atoms with van der Waals surface area (Å²) in [7, 11) is 0. The number of nitrogens with zero attached hydrogens (tertiary/aromatic N) is 1. The highest BCUT2D eigenvalue weighted by Gasteiger charge is 2.21. The zero-order chi connectivity index (χ0) is 8.48. The molecule has 0 bridgehead atoms. The Bertz CT molecular complexity index is 255. The van der Waals surface area contributed by atoms with Crippen molar-refractivity contribution in [3.05, 3.63) is 24.0 Å². The Labute approximate surface area is 64.7 Å². The highest BCUT2D eigenvalue weighted by molar-refractivity contribution is 5.32. The van der Waals surface area contributed by atoms with Crippen molar-refractivity contribution in [3.8, 4) is 5.75 Å². The Morgan fingerprint density at radius 3 is 2.55 bits per heavy atom. The largest absolute Gasteiger partial charge is 0.506 e. The van der Waals surface area contributed by atoms with Gasteiger partial charge in [-0.05, 0) is 19.9 Å². The molecule has 2 nitrogen and oxygen atoms in total. The van der Waals surface area contributed by atoms with Gasteiger partial charge in [-0.25, -0.2) is 4.39 Å². The van der Waals surface area contributed by atoms with E-state index in [4.69, 9.17) is 5.11 Å². The molecule has 0 aliphatic heterocycles. The van der Waals surface area contributed by atoms with E-state index in [0.29, 0.717) is 0 Å². The molecule has 0 saturated carbocycles. The lowest BCUT2D eigenvalue weighted by atomic mass is 10.0. The van der Waals surface area contributed by atoms with E-state index in [0.717, 1.165) is 0 Å². The van der Waals surface area contributed by atoms with E-state index < -0.39 is 5.67 Å². The predicted molar refractivity (Wildman–Crippen MR) is 40.0 cm³/mol. The van der Waals surface area contributed by atoms with Gasteiger partial charge in [-0.3, -0.25) is 4.98 Å². The maximum atomic E-state index is 13.2. The summed E-state index contributed by atoms with van der Waals surface area (Å²) in [6, 6.07) is 1.47. The SMILES string of the molecule is CC(C)(F)c1ccncc1O. The van der Waals surface area contributed by atoms with Crippen LogP contribution in [0.4, 0.5) is 4.39 Å².